The van der Waals surface area contributed by atoms with E-state index < -0.39 is 16.7 Å². The van der Waals surface area contributed by atoms with E-state index in [2.05, 4.69) is 5.32 Å². The Morgan fingerprint density at radius 2 is 1.88 bits per heavy atom. The number of amides is 1. The van der Waals surface area contributed by atoms with E-state index in [4.69, 9.17) is 11.6 Å². The molecule has 0 aromatic heterocycles. The van der Waals surface area contributed by atoms with Gasteiger partial charge >= 0.3 is 0 Å². The third kappa shape index (κ3) is 5.31. The van der Waals surface area contributed by atoms with Crippen LogP contribution in [0.4, 0.5) is 5.69 Å². The van der Waals surface area contributed by atoms with Gasteiger partial charge in [-0.1, -0.05) is 45.4 Å². The standard InChI is InChI=1S/C15H12ClNO3S.2C2H6/c16-10-2-4-13(18)12(7-10)15(19)17-11-3-1-9-5-6-21(20)14(9)8-11;2*1-2/h1,3,5-8,18H,2,4H2,(H,17,19);2*1-2H3. The van der Waals surface area contributed by atoms with Crippen molar-refractivity contribution >= 4 is 40.1 Å². The van der Waals surface area contributed by atoms with Gasteiger partial charge in [0.05, 0.1) is 21.3 Å². The molecule has 2 aliphatic rings. The number of anilines is 1. The van der Waals surface area contributed by atoms with Gasteiger partial charge in [0.25, 0.3) is 5.91 Å². The summed E-state index contributed by atoms with van der Waals surface area (Å²) >= 11 is 5.91. The fourth-order valence-electron chi connectivity index (χ4n) is 2.21. The van der Waals surface area contributed by atoms with E-state index in [1.54, 1.807) is 29.7 Å². The molecule has 1 amide bonds. The van der Waals surface area contributed by atoms with Gasteiger partial charge in [-0.15, -0.1) is 0 Å². The van der Waals surface area contributed by atoms with Crippen molar-refractivity contribution in [3.63, 3.8) is 0 Å². The number of nitrogens with one attached hydrogen (secondary N) is 1. The van der Waals surface area contributed by atoms with Crippen LogP contribution >= 0.6 is 11.6 Å². The lowest BCUT2D eigenvalue weighted by atomic mass is 10.0. The molecular formula is C19H24ClNO3S. The predicted octanol–water partition coefficient (Wildman–Crippen LogP) is 5.50. The van der Waals surface area contributed by atoms with E-state index in [1.165, 1.54) is 6.08 Å². The Morgan fingerprint density at radius 1 is 1.20 bits per heavy atom. The maximum Gasteiger partial charge on any atom is 0.259 e. The monoisotopic (exact) mass is 381 g/mol. The molecule has 6 heteroatoms. The summed E-state index contributed by atoms with van der Waals surface area (Å²) in [5, 5.41) is 14.6. The lowest BCUT2D eigenvalue weighted by molar-refractivity contribution is -0.112. The second-order valence-electron chi connectivity index (χ2n) is 4.76. The summed E-state index contributed by atoms with van der Waals surface area (Å²) in [6, 6.07) is 5.20. The Balaban J connectivity index is 0.000000730. The van der Waals surface area contributed by atoms with Crippen LogP contribution in [0.2, 0.25) is 0 Å². The van der Waals surface area contributed by atoms with Crippen molar-refractivity contribution in [2.75, 3.05) is 5.32 Å². The number of hydrogen-bond acceptors (Lipinski definition) is 3. The van der Waals surface area contributed by atoms with Gasteiger partial charge in [0.15, 0.2) is 0 Å². The molecule has 0 saturated heterocycles. The number of benzene rings is 1. The molecule has 1 aromatic carbocycles. The van der Waals surface area contributed by atoms with Crippen molar-refractivity contribution in [1.29, 1.82) is 0 Å². The Bertz CT molecular complexity index is 751. The third-order valence-corrected chi connectivity index (χ3v) is 4.78. The lowest BCUT2D eigenvalue weighted by Crippen LogP contribution is -2.17. The van der Waals surface area contributed by atoms with Gasteiger partial charge < -0.3 is 10.4 Å². The Morgan fingerprint density at radius 3 is 2.56 bits per heavy atom. The Labute approximate surface area is 156 Å². The van der Waals surface area contributed by atoms with Gasteiger partial charge in [0.1, 0.15) is 5.76 Å². The van der Waals surface area contributed by atoms with E-state index >= 15 is 0 Å². The summed E-state index contributed by atoms with van der Waals surface area (Å²) in [4.78, 5) is 12.9. The van der Waals surface area contributed by atoms with Gasteiger partial charge in [0, 0.05) is 22.5 Å². The topological polar surface area (TPSA) is 66.4 Å². The first-order valence-corrected chi connectivity index (χ1v) is 9.96. The minimum Gasteiger partial charge on any atom is -0.511 e. The minimum absolute atomic E-state index is 0.0308. The van der Waals surface area contributed by atoms with Gasteiger partial charge in [0.2, 0.25) is 0 Å². The molecule has 1 unspecified atom stereocenters. The average molecular weight is 382 g/mol. The van der Waals surface area contributed by atoms with Crippen LogP contribution in [0.1, 0.15) is 46.1 Å². The van der Waals surface area contributed by atoms with E-state index in [-0.39, 0.29) is 11.3 Å². The van der Waals surface area contributed by atoms with Crippen molar-refractivity contribution in [2.45, 2.75) is 45.4 Å². The second-order valence-corrected chi connectivity index (χ2v) is 6.55. The van der Waals surface area contributed by atoms with Crippen LogP contribution in [0.25, 0.3) is 6.08 Å². The maximum absolute atomic E-state index is 12.2. The molecule has 1 heterocycles. The van der Waals surface area contributed by atoms with Crippen LogP contribution in [-0.2, 0) is 15.6 Å². The van der Waals surface area contributed by atoms with Gasteiger partial charge in [-0.25, -0.2) is 4.21 Å². The zero-order valence-corrected chi connectivity index (χ0v) is 16.5. The van der Waals surface area contributed by atoms with Crippen LogP contribution in [0, 0.1) is 0 Å². The van der Waals surface area contributed by atoms with Crippen LogP contribution in [0.3, 0.4) is 0 Å². The zero-order chi connectivity index (χ0) is 19.0. The molecule has 0 spiro atoms. The van der Waals surface area contributed by atoms with E-state index in [0.29, 0.717) is 28.5 Å². The van der Waals surface area contributed by atoms with E-state index in [0.717, 1.165) is 5.56 Å². The van der Waals surface area contributed by atoms with Gasteiger partial charge in [-0.05, 0) is 36.3 Å². The van der Waals surface area contributed by atoms with Crippen LogP contribution in [0.15, 0.2) is 50.9 Å². The number of aliphatic hydroxyl groups excluding tert-OH is 1. The summed E-state index contributed by atoms with van der Waals surface area (Å²) in [6.45, 7) is 8.00. The molecule has 1 atom stereocenters. The van der Waals surface area contributed by atoms with Crippen molar-refractivity contribution < 1.29 is 14.1 Å². The molecule has 0 bridgehead atoms. The smallest absolute Gasteiger partial charge is 0.259 e. The number of fused-ring (bicyclic) bond motifs is 1. The predicted molar refractivity (Wildman–Crippen MR) is 106 cm³/mol. The average Bonchev–Trinajstić information content (AvgIpc) is 3.01. The summed E-state index contributed by atoms with van der Waals surface area (Å²) in [6.07, 6.45) is 4.15. The first kappa shape index (κ1) is 21.2. The first-order valence-electron chi connectivity index (χ1n) is 8.37. The fourth-order valence-corrected chi connectivity index (χ4v) is 3.44. The third-order valence-electron chi connectivity index (χ3n) is 3.32. The number of aliphatic hydroxyl groups is 1. The van der Waals surface area contributed by atoms with E-state index in [9.17, 15) is 14.1 Å². The molecule has 25 heavy (non-hydrogen) atoms. The second kappa shape index (κ2) is 10.2. The molecule has 2 N–H and O–H groups in total. The molecule has 0 radical (unpaired) electrons. The number of halogens is 1. The molecule has 0 saturated carbocycles. The maximum atomic E-state index is 12.2. The summed E-state index contributed by atoms with van der Waals surface area (Å²) in [7, 11) is -1.17. The van der Waals surface area contributed by atoms with Crippen LogP contribution in [-0.4, -0.2) is 15.2 Å². The molecule has 4 nitrogen and oxygen atoms in total. The first-order chi connectivity index (χ1) is 12.0. The quantitative estimate of drug-likeness (QED) is 0.710. The van der Waals surface area contributed by atoms with Crippen molar-refractivity contribution in [1.82, 2.24) is 0 Å². The molecular weight excluding hydrogens is 358 g/mol. The summed E-state index contributed by atoms with van der Waals surface area (Å²) < 4.78 is 11.7. The highest BCUT2D eigenvalue weighted by Crippen LogP contribution is 2.28. The molecule has 3 rings (SSSR count). The fraction of sp³-hybridized carbons (Fsp3) is 0.316. The number of hydrogen-bond donors (Lipinski definition) is 2. The largest absolute Gasteiger partial charge is 0.511 e. The lowest BCUT2D eigenvalue weighted by Gasteiger charge is -2.13. The highest BCUT2D eigenvalue weighted by molar-refractivity contribution is 7.88. The number of carbonyl (C=O) groups excluding carboxylic acids is 1. The highest BCUT2D eigenvalue weighted by atomic mass is 35.5. The van der Waals surface area contributed by atoms with Crippen molar-refractivity contribution in [3.05, 3.63) is 51.6 Å². The normalized spacial score (nSPS) is 17.5. The summed E-state index contributed by atoms with van der Waals surface area (Å²) in [5.74, 6) is -0.398. The van der Waals surface area contributed by atoms with Crippen LogP contribution in [0.5, 0.6) is 0 Å². The van der Waals surface area contributed by atoms with Gasteiger partial charge in [-0.2, -0.15) is 0 Å². The molecule has 1 aromatic rings. The van der Waals surface area contributed by atoms with Crippen LogP contribution < -0.4 is 5.32 Å². The molecule has 0 fully saturated rings. The number of carbonyl (C=O) groups is 1. The van der Waals surface area contributed by atoms with E-state index in [1.807, 2.05) is 27.7 Å². The van der Waals surface area contributed by atoms with Crippen molar-refractivity contribution in [3.8, 4) is 0 Å². The number of rotatable bonds is 2. The highest BCUT2D eigenvalue weighted by Gasteiger charge is 2.19. The zero-order valence-electron chi connectivity index (χ0n) is 14.9. The van der Waals surface area contributed by atoms with Gasteiger partial charge in [-0.3, -0.25) is 4.79 Å². The Kier molecular flexibility index (Phi) is 8.66. The van der Waals surface area contributed by atoms with Crippen molar-refractivity contribution in [2.24, 2.45) is 0 Å². The Hall–Kier alpha value is -1.85. The molecule has 136 valence electrons. The SMILES string of the molecule is CC.CC.O=C(Nc1ccc2c(c1)S(=O)C=C2)C1=C(O)CCC(Cl)=C1. The summed E-state index contributed by atoms with van der Waals surface area (Å²) in [5.41, 5.74) is 1.59. The molecule has 1 aliphatic heterocycles. The molecule has 1 aliphatic carbocycles. The minimum atomic E-state index is -1.17. The number of allylic oxidation sites excluding steroid dienone is 2.